The van der Waals surface area contributed by atoms with Gasteiger partial charge in [0.15, 0.2) is 0 Å². The second-order valence-corrected chi connectivity index (χ2v) is 7.75. The Morgan fingerprint density at radius 2 is 1.86 bits per heavy atom. The summed E-state index contributed by atoms with van der Waals surface area (Å²) in [5.41, 5.74) is 0.354. The van der Waals surface area contributed by atoms with Gasteiger partial charge in [0.25, 0.3) is 0 Å². The number of carbonyl (C=O) groups is 1. The molecule has 6 heteroatoms. The molecule has 0 radical (unpaired) electrons. The molecule has 0 aromatic carbocycles. The van der Waals surface area contributed by atoms with Crippen LogP contribution in [0.3, 0.4) is 0 Å². The quantitative estimate of drug-likeness (QED) is 0.436. The fraction of sp³-hybridized carbons (Fsp3) is 0.688. The van der Waals surface area contributed by atoms with Crippen molar-refractivity contribution in [1.29, 1.82) is 0 Å². The number of hydrogen-bond donors (Lipinski definition) is 0. The summed E-state index contributed by atoms with van der Waals surface area (Å²) in [6.45, 7) is 8.24. The van der Waals surface area contributed by atoms with E-state index >= 15 is 0 Å². The Morgan fingerprint density at radius 1 is 1.23 bits per heavy atom. The molecule has 0 aromatic heterocycles. The molecule has 22 heavy (non-hydrogen) atoms. The second kappa shape index (κ2) is 4.32. The Labute approximate surface area is 132 Å². The van der Waals surface area contributed by atoms with E-state index in [4.69, 9.17) is 9.31 Å². The molecular formula is C16H23BN2O3. The molecule has 4 rings (SSSR count). The van der Waals surface area contributed by atoms with Crippen LogP contribution in [0.4, 0.5) is 0 Å². The van der Waals surface area contributed by atoms with Gasteiger partial charge in [-0.2, -0.15) is 0 Å². The summed E-state index contributed by atoms with van der Waals surface area (Å²) in [7, 11) is 1.64. The van der Waals surface area contributed by atoms with Gasteiger partial charge in [-0.15, -0.1) is 0 Å². The van der Waals surface area contributed by atoms with Gasteiger partial charge in [-0.1, -0.05) is 18.2 Å². The molecule has 0 N–H and O–H groups in total. The molecule has 5 unspecified atom stereocenters. The summed E-state index contributed by atoms with van der Waals surface area (Å²) in [4.78, 5) is 11.4. The van der Waals surface area contributed by atoms with Gasteiger partial charge in [-0.05, 0) is 33.2 Å². The van der Waals surface area contributed by atoms with Crippen LogP contribution in [0, 0.1) is 5.92 Å². The van der Waals surface area contributed by atoms with Gasteiger partial charge >= 0.3 is 7.12 Å². The van der Waals surface area contributed by atoms with Crippen molar-refractivity contribution >= 4 is 13.4 Å². The maximum atomic E-state index is 11.4. The Balaban J connectivity index is 1.64. The number of nitrogens with zero attached hydrogens (tertiary/aromatic N) is 2. The predicted molar refractivity (Wildman–Crippen MR) is 83.8 cm³/mol. The first-order valence-corrected chi connectivity index (χ1v) is 7.99. The van der Waals surface area contributed by atoms with Gasteiger partial charge in [0.05, 0.1) is 29.3 Å². The summed E-state index contributed by atoms with van der Waals surface area (Å²) in [5.74, 6) is 0.205. The average Bonchev–Trinajstić information content (AvgIpc) is 3.02. The third-order valence-corrected chi connectivity index (χ3v) is 5.99. The van der Waals surface area contributed by atoms with Crippen molar-refractivity contribution in [2.75, 3.05) is 7.05 Å². The van der Waals surface area contributed by atoms with Crippen LogP contribution in [0.25, 0.3) is 0 Å². The highest BCUT2D eigenvalue weighted by atomic mass is 16.7. The fourth-order valence-corrected chi connectivity index (χ4v) is 3.89. The smallest absolute Gasteiger partial charge is 0.399 e. The molecule has 4 aliphatic rings. The van der Waals surface area contributed by atoms with Crippen molar-refractivity contribution in [2.45, 2.75) is 57.0 Å². The van der Waals surface area contributed by atoms with Crippen molar-refractivity contribution in [1.82, 2.24) is 10.0 Å². The zero-order chi connectivity index (χ0) is 15.9. The molecule has 0 saturated carbocycles. The zero-order valence-electron chi connectivity index (χ0n) is 13.8. The third-order valence-electron chi connectivity index (χ3n) is 5.99. The third kappa shape index (κ3) is 1.78. The molecular weight excluding hydrogens is 279 g/mol. The van der Waals surface area contributed by atoms with Gasteiger partial charge in [0.2, 0.25) is 0 Å². The Kier molecular flexibility index (Phi) is 2.87. The van der Waals surface area contributed by atoms with Gasteiger partial charge < -0.3 is 14.1 Å². The molecule has 3 fully saturated rings. The van der Waals surface area contributed by atoms with Crippen LogP contribution >= 0.6 is 0 Å². The van der Waals surface area contributed by atoms with Crippen LogP contribution in [0.15, 0.2) is 23.7 Å². The maximum Gasteiger partial charge on any atom is 0.494 e. The van der Waals surface area contributed by atoms with Crippen LogP contribution in [0.5, 0.6) is 0 Å². The highest BCUT2D eigenvalue weighted by molar-refractivity contribution is 6.55. The maximum absolute atomic E-state index is 11.4. The fourth-order valence-electron chi connectivity index (χ4n) is 3.89. The van der Waals surface area contributed by atoms with E-state index in [1.54, 1.807) is 0 Å². The molecule has 0 spiro atoms. The number of aldehydes is 1. The first kappa shape index (κ1) is 14.6. The van der Waals surface area contributed by atoms with Crippen molar-refractivity contribution in [3.63, 3.8) is 0 Å². The van der Waals surface area contributed by atoms with E-state index in [2.05, 4.69) is 55.9 Å². The summed E-state index contributed by atoms with van der Waals surface area (Å²) in [6.07, 6.45) is 7.56. The van der Waals surface area contributed by atoms with Crippen LogP contribution in [-0.2, 0) is 14.1 Å². The van der Waals surface area contributed by atoms with Crippen molar-refractivity contribution in [2.24, 2.45) is 5.92 Å². The average molecular weight is 302 g/mol. The van der Waals surface area contributed by atoms with Crippen molar-refractivity contribution in [3.05, 3.63) is 23.7 Å². The lowest BCUT2D eigenvalue weighted by molar-refractivity contribution is -0.114. The lowest BCUT2D eigenvalue weighted by atomic mass is 9.76. The largest absolute Gasteiger partial charge is 0.494 e. The zero-order valence-corrected chi connectivity index (χ0v) is 13.8. The summed E-state index contributed by atoms with van der Waals surface area (Å²) < 4.78 is 12.3. The monoisotopic (exact) mass is 302 g/mol. The molecule has 5 nitrogen and oxygen atoms in total. The molecule has 0 amide bonds. The molecule has 1 aliphatic carbocycles. The minimum atomic E-state index is -0.356. The second-order valence-electron chi connectivity index (χ2n) is 7.75. The highest BCUT2D eigenvalue weighted by Gasteiger charge is 2.63. The Morgan fingerprint density at radius 3 is 2.45 bits per heavy atom. The normalized spacial score (nSPS) is 44.5. The van der Waals surface area contributed by atoms with Crippen LogP contribution in [0.2, 0.25) is 0 Å². The first-order chi connectivity index (χ1) is 10.3. The van der Waals surface area contributed by atoms with Crippen LogP contribution < -0.4 is 0 Å². The number of hydrogen-bond acceptors (Lipinski definition) is 5. The number of hydrazine groups is 1. The predicted octanol–water partition coefficient (Wildman–Crippen LogP) is 1.21. The van der Waals surface area contributed by atoms with Crippen LogP contribution in [-0.4, -0.2) is 59.8 Å². The number of carbonyl (C=O) groups excluding carboxylic acids is 1. The molecule has 0 bridgehead atoms. The van der Waals surface area contributed by atoms with Crippen molar-refractivity contribution < 1.29 is 14.1 Å². The van der Waals surface area contributed by atoms with Crippen LogP contribution in [0.1, 0.15) is 27.7 Å². The number of likely N-dealkylation sites (N-methyl/N-ethyl adjacent to an activating group) is 1. The molecule has 0 aromatic rings. The highest BCUT2D eigenvalue weighted by Crippen LogP contribution is 2.49. The number of fused-ring (bicyclic) bond motifs is 1. The van der Waals surface area contributed by atoms with E-state index in [1.165, 1.54) is 0 Å². The molecule has 3 aliphatic heterocycles. The van der Waals surface area contributed by atoms with Gasteiger partial charge in [-0.25, -0.2) is 10.0 Å². The SMILES string of the molecule is CN1C(C=O)C2C=C(B3OC(C)(C)C(C)(C)O3)C=CC3C2N31. The standard InChI is InChI=1S/C16H23BN2O3/c1-15(2)16(3,4)22-17(21-15)10-6-7-12-14-11(8-10)13(9-20)18(5)19(12)14/h6-9,11-14H,1-5H3. The molecule has 118 valence electrons. The number of rotatable bonds is 2. The van der Waals surface area contributed by atoms with E-state index in [0.717, 1.165) is 11.8 Å². The lowest BCUT2D eigenvalue weighted by Gasteiger charge is -2.32. The lowest BCUT2D eigenvalue weighted by Crippen LogP contribution is -2.41. The minimum Gasteiger partial charge on any atom is -0.399 e. The molecule has 5 atom stereocenters. The summed E-state index contributed by atoms with van der Waals surface area (Å²) in [6, 6.07) is 0.734. The van der Waals surface area contributed by atoms with E-state index in [0.29, 0.717) is 12.1 Å². The van der Waals surface area contributed by atoms with E-state index < -0.39 is 0 Å². The Hall–Kier alpha value is -0.945. The first-order valence-electron chi connectivity index (χ1n) is 7.99. The topological polar surface area (TPSA) is 41.8 Å². The molecule has 3 heterocycles. The minimum absolute atomic E-state index is 0.0847. The van der Waals surface area contributed by atoms with Gasteiger partial charge in [0, 0.05) is 13.0 Å². The van der Waals surface area contributed by atoms with Gasteiger partial charge in [-0.3, -0.25) is 0 Å². The molecule has 3 saturated heterocycles. The van der Waals surface area contributed by atoms with Gasteiger partial charge in [0.1, 0.15) is 6.29 Å². The van der Waals surface area contributed by atoms with E-state index in [1.807, 2.05) is 7.05 Å². The summed E-state index contributed by atoms with van der Waals surface area (Å²) in [5, 5.41) is 4.35. The van der Waals surface area contributed by atoms with E-state index in [9.17, 15) is 4.79 Å². The van der Waals surface area contributed by atoms with Crippen molar-refractivity contribution in [3.8, 4) is 0 Å². The van der Waals surface area contributed by atoms with E-state index in [-0.39, 0.29) is 30.3 Å². The number of allylic oxidation sites excluding steroid dienone is 2. The summed E-state index contributed by atoms with van der Waals surface area (Å²) >= 11 is 0. The Bertz CT molecular complexity index is 570.